The Morgan fingerprint density at radius 1 is 0.941 bits per heavy atom. The van der Waals surface area contributed by atoms with Gasteiger partial charge in [-0.2, -0.15) is 0 Å². The molecule has 0 bridgehead atoms. The van der Waals surface area contributed by atoms with Crippen molar-refractivity contribution in [1.82, 2.24) is 19.1 Å². The number of Topliss-reactive ketones (excluding diaryl/α,β-unsaturated/α-hetero) is 1. The highest BCUT2D eigenvalue weighted by Crippen LogP contribution is 2.33. The van der Waals surface area contributed by atoms with Gasteiger partial charge in [0.25, 0.3) is 5.56 Å². The number of ketones is 1. The molecule has 2 aromatic heterocycles. The summed E-state index contributed by atoms with van der Waals surface area (Å²) in [4.78, 5) is 47.4. The molecule has 0 aliphatic heterocycles. The van der Waals surface area contributed by atoms with Crippen LogP contribution in [0.15, 0.2) is 63.1 Å². The van der Waals surface area contributed by atoms with Crippen LogP contribution in [0.2, 0.25) is 0 Å². The Balaban J connectivity index is 1.88. The van der Waals surface area contributed by atoms with Crippen LogP contribution in [0.25, 0.3) is 22.4 Å². The molecule has 34 heavy (non-hydrogen) atoms. The van der Waals surface area contributed by atoms with E-state index in [2.05, 4.69) is 9.97 Å². The molecule has 0 saturated carbocycles. The first kappa shape index (κ1) is 23.2. The zero-order valence-corrected chi connectivity index (χ0v) is 19.9. The van der Waals surface area contributed by atoms with Crippen molar-refractivity contribution in [3.63, 3.8) is 0 Å². The van der Waals surface area contributed by atoms with Crippen molar-refractivity contribution < 1.29 is 14.3 Å². The molecule has 2 aromatic carbocycles. The molecule has 0 aliphatic carbocycles. The first-order chi connectivity index (χ1) is 16.3. The molecule has 4 rings (SSSR count). The standard InChI is InChI=1S/C24H22N4O5S/c1-27-21-19(23(30)28(2)24(27)31)22(34-13-16(29)14-8-6-5-7-9-14)26-20(25-21)15-10-11-17(32-3)18(12-15)33-4/h5-12H,13H2,1-4H3. The highest BCUT2D eigenvalue weighted by Gasteiger charge is 2.20. The smallest absolute Gasteiger partial charge is 0.332 e. The predicted molar refractivity (Wildman–Crippen MR) is 130 cm³/mol. The summed E-state index contributed by atoms with van der Waals surface area (Å²) in [7, 11) is 6.00. The molecule has 0 fully saturated rings. The summed E-state index contributed by atoms with van der Waals surface area (Å²) in [6.45, 7) is 0. The number of carbonyl (C=O) groups excluding carboxylic acids is 1. The van der Waals surface area contributed by atoms with Gasteiger partial charge in [0.1, 0.15) is 10.4 Å². The third-order valence-electron chi connectivity index (χ3n) is 5.34. The van der Waals surface area contributed by atoms with E-state index in [0.29, 0.717) is 27.7 Å². The Bertz CT molecular complexity index is 1510. The molecule has 0 atom stereocenters. The quantitative estimate of drug-likeness (QED) is 0.227. The van der Waals surface area contributed by atoms with Crippen LogP contribution in [-0.2, 0) is 14.1 Å². The molecular formula is C24H22N4O5S. The molecule has 2 heterocycles. The number of thioether (sulfide) groups is 1. The van der Waals surface area contributed by atoms with E-state index in [1.165, 1.54) is 25.8 Å². The van der Waals surface area contributed by atoms with Crippen LogP contribution in [0.4, 0.5) is 0 Å². The topological polar surface area (TPSA) is 105 Å². The fraction of sp³-hybridized carbons (Fsp3) is 0.208. The lowest BCUT2D eigenvalue weighted by Gasteiger charge is -2.13. The summed E-state index contributed by atoms with van der Waals surface area (Å²) >= 11 is 1.13. The number of carbonyl (C=O) groups is 1. The average molecular weight is 479 g/mol. The molecular weight excluding hydrogens is 456 g/mol. The number of rotatable bonds is 7. The minimum absolute atomic E-state index is 0.0630. The van der Waals surface area contributed by atoms with Gasteiger partial charge in [0.05, 0.1) is 20.0 Å². The average Bonchev–Trinajstić information content (AvgIpc) is 2.88. The number of ether oxygens (including phenoxy) is 2. The third-order valence-corrected chi connectivity index (χ3v) is 6.32. The molecule has 0 unspecified atom stereocenters. The summed E-state index contributed by atoms with van der Waals surface area (Å²) in [6.07, 6.45) is 0. The first-order valence-corrected chi connectivity index (χ1v) is 11.3. The van der Waals surface area contributed by atoms with Gasteiger partial charge in [-0.3, -0.25) is 18.7 Å². The highest BCUT2D eigenvalue weighted by molar-refractivity contribution is 8.00. The lowest BCUT2D eigenvalue weighted by Crippen LogP contribution is -2.37. The molecule has 4 aromatic rings. The van der Waals surface area contributed by atoms with Crippen LogP contribution in [0.1, 0.15) is 10.4 Å². The van der Waals surface area contributed by atoms with E-state index in [1.54, 1.807) is 49.5 Å². The highest BCUT2D eigenvalue weighted by atomic mass is 32.2. The Kier molecular flexibility index (Phi) is 6.51. The zero-order chi connectivity index (χ0) is 24.4. The summed E-state index contributed by atoms with van der Waals surface area (Å²) in [5.74, 6) is 1.26. The molecule has 0 N–H and O–H groups in total. The van der Waals surface area contributed by atoms with E-state index in [1.807, 2.05) is 6.07 Å². The second kappa shape index (κ2) is 9.52. The van der Waals surface area contributed by atoms with Crippen LogP contribution in [0, 0.1) is 0 Å². The lowest BCUT2D eigenvalue weighted by molar-refractivity contribution is 0.102. The van der Waals surface area contributed by atoms with Crippen LogP contribution in [-0.4, -0.2) is 44.9 Å². The number of hydrogen-bond donors (Lipinski definition) is 0. The van der Waals surface area contributed by atoms with Gasteiger partial charge in [0.2, 0.25) is 0 Å². The van der Waals surface area contributed by atoms with Crippen LogP contribution in [0.3, 0.4) is 0 Å². The van der Waals surface area contributed by atoms with Gasteiger partial charge in [0, 0.05) is 25.2 Å². The maximum atomic E-state index is 13.0. The van der Waals surface area contributed by atoms with Gasteiger partial charge < -0.3 is 9.47 Å². The summed E-state index contributed by atoms with van der Waals surface area (Å²) in [6, 6.07) is 14.1. The fourth-order valence-corrected chi connectivity index (χ4v) is 4.39. The number of fused-ring (bicyclic) bond motifs is 1. The SMILES string of the molecule is COc1ccc(-c2nc(SCC(=O)c3ccccc3)c3c(=O)n(C)c(=O)n(C)c3n2)cc1OC. The van der Waals surface area contributed by atoms with Crippen molar-refractivity contribution in [2.75, 3.05) is 20.0 Å². The molecule has 10 heteroatoms. The van der Waals surface area contributed by atoms with E-state index >= 15 is 0 Å². The summed E-state index contributed by atoms with van der Waals surface area (Å²) < 4.78 is 13.0. The molecule has 9 nitrogen and oxygen atoms in total. The lowest BCUT2D eigenvalue weighted by atomic mass is 10.2. The van der Waals surface area contributed by atoms with E-state index in [9.17, 15) is 14.4 Å². The molecule has 0 aliphatic rings. The largest absolute Gasteiger partial charge is 0.493 e. The third kappa shape index (κ3) is 4.19. The van der Waals surface area contributed by atoms with Crippen molar-refractivity contribution in [3.05, 3.63) is 74.9 Å². The van der Waals surface area contributed by atoms with E-state index < -0.39 is 11.2 Å². The summed E-state index contributed by atoms with van der Waals surface area (Å²) in [5, 5.41) is 0.495. The van der Waals surface area contributed by atoms with E-state index in [-0.39, 0.29) is 28.4 Å². The van der Waals surface area contributed by atoms with Gasteiger partial charge in [0.15, 0.2) is 28.8 Å². The number of aryl methyl sites for hydroxylation is 1. The number of aromatic nitrogens is 4. The van der Waals surface area contributed by atoms with Crippen molar-refractivity contribution in [2.45, 2.75) is 5.03 Å². The van der Waals surface area contributed by atoms with Gasteiger partial charge >= 0.3 is 5.69 Å². The second-order valence-corrected chi connectivity index (χ2v) is 8.37. The van der Waals surface area contributed by atoms with E-state index in [0.717, 1.165) is 16.3 Å². The van der Waals surface area contributed by atoms with Crippen LogP contribution < -0.4 is 20.7 Å². The van der Waals surface area contributed by atoms with Gasteiger partial charge in [-0.25, -0.2) is 14.8 Å². The Morgan fingerprint density at radius 3 is 2.32 bits per heavy atom. The monoisotopic (exact) mass is 478 g/mol. The number of hydrogen-bond acceptors (Lipinski definition) is 8. The Hall–Kier alpha value is -3.92. The zero-order valence-electron chi connectivity index (χ0n) is 19.1. The number of nitrogens with zero attached hydrogens (tertiary/aromatic N) is 4. The molecule has 0 saturated heterocycles. The van der Waals surface area contributed by atoms with Crippen LogP contribution >= 0.6 is 11.8 Å². The first-order valence-electron chi connectivity index (χ1n) is 10.3. The van der Waals surface area contributed by atoms with Crippen LogP contribution in [0.5, 0.6) is 11.5 Å². The van der Waals surface area contributed by atoms with E-state index in [4.69, 9.17) is 9.47 Å². The second-order valence-electron chi connectivity index (χ2n) is 7.40. The maximum absolute atomic E-state index is 13.0. The van der Waals surface area contributed by atoms with Gasteiger partial charge in [-0.15, -0.1) is 0 Å². The molecule has 174 valence electrons. The van der Waals surface area contributed by atoms with Crippen molar-refractivity contribution in [2.24, 2.45) is 14.1 Å². The Morgan fingerprint density at radius 2 is 1.65 bits per heavy atom. The summed E-state index contributed by atoms with van der Waals surface area (Å²) in [5.41, 5.74) is 0.317. The molecule has 0 radical (unpaired) electrons. The minimum atomic E-state index is -0.522. The van der Waals surface area contributed by atoms with Crippen molar-refractivity contribution in [1.29, 1.82) is 0 Å². The normalized spacial score (nSPS) is 10.9. The van der Waals surface area contributed by atoms with Gasteiger partial charge in [-0.05, 0) is 18.2 Å². The fourth-order valence-electron chi connectivity index (χ4n) is 3.48. The number of methoxy groups -OCH3 is 2. The van der Waals surface area contributed by atoms with Crippen molar-refractivity contribution >= 4 is 28.6 Å². The Labute approximate surface area is 199 Å². The number of benzene rings is 2. The van der Waals surface area contributed by atoms with Gasteiger partial charge in [-0.1, -0.05) is 42.1 Å². The minimum Gasteiger partial charge on any atom is -0.493 e. The molecule has 0 spiro atoms. The van der Waals surface area contributed by atoms with Crippen molar-refractivity contribution in [3.8, 4) is 22.9 Å². The predicted octanol–water partition coefficient (Wildman–Crippen LogP) is 2.69. The molecule has 0 amide bonds. The maximum Gasteiger partial charge on any atom is 0.332 e.